The topological polar surface area (TPSA) is 83.0 Å². The van der Waals surface area contributed by atoms with Gasteiger partial charge >= 0.3 is 0 Å². The maximum Gasteiger partial charge on any atom is 0.202 e. The van der Waals surface area contributed by atoms with Gasteiger partial charge in [0.2, 0.25) is 5.82 Å². The third-order valence-electron chi connectivity index (χ3n) is 5.14. The molecular weight excluding hydrogens is 446 g/mol. The highest BCUT2D eigenvalue weighted by Crippen LogP contribution is 2.35. The molecule has 158 valence electrons. The Balaban J connectivity index is 1.35. The van der Waals surface area contributed by atoms with Crippen LogP contribution in [-0.2, 0) is 6.73 Å². The number of fused-ring (bicyclic) bond motifs is 5. The molecule has 0 atom stereocenters. The van der Waals surface area contributed by atoms with Gasteiger partial charge in [0.25, 0.3) is 0 Å². The first kappa shape index (κ1) is 19.1. The first-order chi connectivity index (χ1) is 15.5. The summed E-state index contributed by atoms with van der Waals surface area (Å²) in [7, 11) is 0. The van der Waals surface area contributed by atoms with Crippen molar-refractivity contribution in [1.29, 1.82) is 0 Å². The second-order valence-corrected chi connectivity index (χ2v) is 8.89. The smallest absolute Gasteiger partial charge is 0.202 e. The number of halogens is 1. The van der Waals surface area contributed by atoms with E-state index in [9.17, 15) is 0 Å². The van der Waals surface area contributed by atoms with Crippen LogP contribution in [-0.4, -0.2) is 34.3 Å². The molecule has 0 unspecified atom stereocenters. The van der Waals surface area contributed by atoms with Crippen molar-refractivity contribution in [2.24, 2.45) is 0 Å². The molecule has 10 heteroatoms. The minimum Gasteiger partial charge on any atom is -0.471 e. The molecule has 0 fully saturated rings. The summed E-state index contributed by atoms with van der Waals surface area (Å²) in [4.78, 5) is 15.1. The average molecular weight is 462 g/mol. The van der Waals surface area contributed by atoms with Gasteiger partial charge in [-0.15, -0.1) is 16.4 Å². The number of thiophene rings is 1. The highest BCUT2D eigenvalue weighted by molar-refractivity contribution is 7.26. The molecule has 0 N–H and O–H groups in total. The van der Waals surface area contributed by atoms with Crippen molar-refractivity contribution >= 4 is 49.0 Å². The molecule has 6 rings (SSSR count). The second-order valence-electron chi connectivity index (χ2n) is 7.46. The van der Waals surface area contributed by atoms with Crippen LogP contribution in [0.5, 0.6) is 5.75 Å². The molecule has 0 saturated carbocycles. The van der Waals surface area contributed by atoms with Crippen LogP contribution in [0, 0.1) is 13.8 Å². The summed E-state index contributed by atoms with van der Waals surface area (Å²) in [6.45, 7) is 4.35. The van der Waals surface area contributed by atoms with E-state index in [1.54, 1.807) is 39.0 Å². The van der Waals surface area contributed by atoms with E-state index in [4.69, 9.17) is 21.3 Å². The van der Waals surface area contributed by atoms with Gasteiger partial charge in [-0.05, 0) is 55.8 Å². The van der Waals surface area contributed by atoms with Crippen LogP contribution in [0.4, 0.5) is 0 Å². The number of aryl methyl sites for hydroxylation is 2. The standard InChI is InChI=1S/C22H16ClN7OS/c1-12-9-13(2)25-22-17(12)18-19(32-22)21-26-20(28-30(21)10-24-18)16-7-8-29(27-16)11-31-15-5-3-14(23)4-6-15/h3-10H,11H2,1-2H3. The van der Waals surface area contributed by atoms with Gasteiger partial charge < -0.3 is 4.74 Å². The third-order valence-corrected chi connectivity index (χ3v) is 6.46. The molecule has 1 aromatic carbocycles. The number of hydrogen-bond acceptors (Lipinski definition) is 7. The SMILES string of the molecule is Cc1cc(C)c2c(n1)sc1c2ncn2nc(-c3ccn(COc4ccc(Cl)cc4)n3)nc12. The summed E-state index contributed by atoms with van der Waals surface area (Å²) < 4.78 is 10.1. The van der Waals surface area contributed by atoms with Crippen LogP contribution in [0.15, 0.2) is 48.9 Å². The molecule has 0 aliphatic rings. The fraction of sp³-hybridized carbons (Fsp3) is 0.136. The molecule has 0 radical (unpaired) electrons. The molecule has 0 amide bonds. The normalized spacial score (nSPS) is 11.7. The highest BCUT2D eigenvalue weighted by Gasteiger charge is 2.17. The summed E-state index contributed by atoms with van der Waals surface area (Å²) in [5.41, 5.74) is 4.47. The van der Waals surface area contributed by atoms with Crippen LogP contribution in [0.25, 0.3) is 37.6 Å². The zero-order chi connectivity index (χ0) is 21.8. The molecule has 0 aliphatic heterocycles. The van der Waals surface area contributed by atoms with Crippen LogP contribution < -0.4 is 4.74 Å². The van der Waals surface area contributed by atoms with Crippen LogP contribution in [0.2, 0.25) is 5.02 Å². The Morgan fingerprint density at radius 1 is 1.06 bits per heavy atom. The summed E-state index contributed by atoms with van der Waals surface area (Å²) in [5, 5.41) is 10.9. The van der Waals surface area contributed by atoms with E-state index in [-0.39, 0.29) is 6.73 Å². The number of benzene rings is 1. The Hall–Kier alpha value is -3.56. The average Bonchev–Trinajstić information content (AvgIpc) is 3.48. The molecule has 5 aromatic heterocycles. The number of nitrogens with zero attached hydrogens (tertiary/aromatic N) is 7. The molecule has 0 spiro atoms. The molecule has 6 aromatic rings. The monoisotopic (exact) mass is 461 g/mol. The number of ether oxygens (including phenoxy) is 1. The Bertz CT molecular complexity index is 1620. The fourth-order valence-electron chi connectivity index (χ4n) is 3.70. The second kappa shape index (κ2) is 7.25. The summed E-state index contributed by atoms with van der Waals surface area (Å²) in [6.07, 6.45) is 3.53. The van der Waals surface area contributed by atoms with Crippen LogP contribution in [0.3, 0.4) is 0 Å². The van der Waals surface area contributed by atoms with E-state index in [0.717, 1.165) is 43.1 Å². The van der Waals surface area contributed by atoms with Crippen LogP contribution >= 0.6 is 22.9 Å². The number of pyridine rings is 1. The maximum absolute atomic E-state index is 5.91. The van der Waals surface area contributed by atoms with Crippen molar-refractivity contribution in [3.05, 3.63) is 65.2 Å². The summed E-state index contributed by atoms with van der Waals surface area (Å²) in [5.74, 6) is 1.25. The van der Waals surface area contributed by atoms with E-state index < -0.39 is 0 Å². The highest BCUT2D eigenvalue weighted by atomic mass is 35.5. The largest absolute Gasteiger partial charge is 0.471 e. The quantitative estimate of drug-likeness (QED) is 0.365. The van der Waals surface area contributed by atoms with Crippen molar-refractivity contribution in [2.75, 3.05) is 0 Å². The predicted molar refractivity (Wildman–Crippen MR) is 124 cm³/mol. The van der Waals surface area contributed by atoms with Gasteiger partial charge in [-0.2, -0.15) is 5.10 Å². The zero-order valence-electron chi connectivity index (χ0n) is 17.2. The van der Waals surface area contributed by atoms with Crippen molar-refractivity contribution in [3.8, 4) is 17.3 Å². The van der Waals surface area contributed by atoms with Gasteiger partial charge in [0.05, 0.1) is 5.52 Å². The molecular formula is C22H16ClN7OS. The molecule has 0 aliphatic carbocycles. The third kappa shape index (κ3) is 3.17. The Morgan fingerprint density at radius 2 is 1.91 bits per heavy atom. The summed E-state index contributed by atoms with van der Waals surface area (Å²) in [6, 6.07) is 11.1. The molecule has 8 nitrogen and oxygen atoms in total. The van der Waals surface area contributed by atoms with E-state index in [1.165, 1.54) is 0 Å². The van der Waals surface area contributed by atoms with E-state index in [0.29, 0.717) is 16.5 Å². The molecule has 5 heterocycles. The lowest BCUT2D eigenvalue weighted by Gasteiger charge is -2.05. The van der Waals surface area contributed by atoms with Gasteiger partial charge in [-0.3, -0.25) is 0 Å². The molecule has 32 heavy (non-hydrogen) atoms. The minimum absolute atomic E-state index is 0.265. The Morgan fingerprint density at radius 3 is 2.75 bits per heavy atom. The van der Waals surface area contributed by atoms with Crippen molar-refractivity contribution in [1.82, 2.24) is 34.3 Å². The van der Waals surface area contributed by atoms with Gasteiger partial charge in [0.15, 0.2) is 12.4 Å². The number of rotatable bonds is 4. The molecule has 0 saturated heterocycles. The lowest BCUT2D eigenvalue weighted by Crippen LogP contribution is -2.05. The zero-order valence-corrected chi connectivity index (χ0v) is 18.7. The van der Waals surface area contributed by atoms with E-state index >= 15 is 0 Å². The number of aromatic nitrogens is 7. The van der Waals surface area contributed by atoms with Gasteiger partial charge in [0.1, 0.15) is 27.3 Å². The van der Waals surface area contributed by atoms with Crippen LogP contribution in [0.1, 0.15) is 11.3 Å². The Kier molecular flexibility index (Phi) is 4.34. The molecule has 0 bridgehead atoms. The van der Waals surface area contributed by atoms with Crippen molar-refractivity contribution in [3.63, 3.8) is 0 Å². The van der Waals surface area contributed by atoms with E-state index in [2.05, 4.69) is 33.2 Å². The van der Waals surface area contributed by atoms with Crippen molar-refractivity contribution in [2.45, 2.75) is 20.6 Å². The van der Waals surface area contributed by atoms with Gasteiger partial charge in [0, 0.05) is 22.3 Å². The first-order valence-corrected chi connectivity index (χ1v) is 11.1. The fourth-order valence-corrected chi connectivity index (χ4v) is 5.05. The summed E-state index contributed by atoms with van der Waals surface area (Å²) >= 11 is 7.50. The Labute approximate surface area is 191 Å². The van der Waals surface area contributed by atoms with Gasteiger partial charge in [-0.25, -0.2) is 24.1 Å². The first-order valence-electron chi connectivity index (χ1n) is 9.89. The number of hydrogen-bond donors (Lipinski definition) is 0. The van der Waals surface area contributed by atoms with E-state index in [1.807, 2.05) is 31.3 Å². The maximum atomic E-state index is 5.91. The van der Waals surface area contributed by atoms with Gasteiger partial charge in [-0.1, -0.05) is 11.6 Å². The lowest BCUT2D eigenvalue weighted by atomic mass is 10.1. The van der Waals surface area contributed by atoms with Crippen molar-refractivity contribution < 1.29 is 4.74 Å². The minimum atomic E-state index is 0.265. The lowest BCUT2D eigenvalue weighted by molar-refractivity contribution is 0.221. The predicted octanol–water partition coefficient (Wildman–Crippen LogP) is 5.06.